The molecule has 0 aliphatic rings. The van der Waals surface area contributed by atoms with Crippen molar-refractivity contribution < 1.29 is 4.74 Å². The Morgan fingerprint density at radius 2 is 2.16 bits per heavy atom. The maximum absolute atomic E-state index is 5.85. The third kappa shape index (κ3) is 3.35. The molecule has 1 heterocycles. The zero-order chi connectivity index (χ0) is 13.8. The van der Waals surface area contributed by atoms with Crippen molar-refractivity contribution in [3.63, 3.8) is 0 Å². The molecule has 0 saturated heterocycles. The Bertz CT molecular complexity index is 569. The second-order valence-corrected chi connectivity index (χ2v) is 4.73. The van der Waals surface area contributed by atoms with Crippen LogP contribution < -0.4 is 11.1 Å². The molecule has 4 heteroatoms. The fourth-order valence-electron chi connectivity index (χ4n) is 2.12. The van der Waals surface area contributed by atoms with Crippen LogP contribution in [-0.4, -0.2) is 24.2 Å². The van der Waals surface area contributed by atoms with Crippen LogP contribution in [0.1, 0.15) is 19.5 Å². The molecular weight excluding hydrogens is 238 g/mol. The highest BCUT2D eigenvalue weighted by atomic mass is 16.5. The van der Waals surface area contributed by atoms with Crippen LogP contribution in [0.4, 0.5) is 11.4 Å². The fourth-order valence-corrected chi connectivity index (χ4v) is 2.12. The van der Waals surface area contributed by atoms with Crippen LogP contribution >= 0.6 is 0 Å². The summed E-state index contributed by atoms with van der Waals surface area (Å²) in [4.78, 5) is 4.51. The number of benzene rings is 1. The third-order valence-electron chi connectivity index (χ3n) is 2.99. The predicted molar refractivity (Wildman–Crippen MR) is 80.5 cm³/mol. The molecule has 0 aliphatic heterocycles. The van der Waals surface area contributed by atoms with Crippen molar-refractivity contribution in [1.82, 2.24) is 4.98 Å². The van der Waals surface area contributed by atoms with E-state index in [1.165, 1.54) is 0 Å². The van der Waals surface area contributed by atoms with Gasteiger partial charge in [-0.15, -0.1) is 0 Å². The summed E-state index contributed by atoms with van der Waals surface area (Å²) in [5.41, 5.74) is 9.61. The Morgan fingerprint density at radius 1 is 1.37 bits per heavy atom. The average Bonchev–Trinajstić information content (AvgIpc) is 2.37. The fraction of sp³-hybridized carbons (Fsp3) is 0.400. The molecule has 0 bridgehead atoms. The summed E-state index contributed by atoms with van der Waals surface area (Å²) >= 11 is 0. The molecule has 0 radical (unpaired) electrons. The van der Waals surface area contributed by atoms with Gasteiger partial charge in [-0.3, -0.25) is 4.98 Å². The van der Waals surface area contributed by atoms with Crippen molar-refractivity contribution in [3.8, 4) is 0 Å². The normalized spacial score (nSPS) is 12.6. The monoisotopic (exact) mass is 259 g/mol. The van der Waals surface area contributed by atoms with Gasteiger partial charge >= 0.3 is 0 Å². The molecule has 0 fully saturated rings. The molecule has 2 aromatic rings. The van der Waals surface area contributed by atoms with Crippen molar-refractivity contribution in [2.24, 2.45) is 0 Å². The first-order valence-electron chi connectivity index (χ1n) is 6.62. The highest BCUT2D eigenvalue weighted by molar-refractivity contribution is 5.93. The van der Waals surface area contributed by atoms with E-state index < -0.39 is 0 Å². The first kappa shape index (κ1) is 13.6. The first-order chi connectivity index (χ1) is 9.10. The minimum atomic E-state index is 0.176. The van der Waals surface area contributed by atoms with Gasteiger partial charge in [0.05, 0.1) is 11.6 Å². The van der Waals surface area contributed by atoms with Crippen molar-refractivity contribution in [2.75, 3.05) is 24.2 Å². The summed E-state index contributed by atoms with van der Waals surface area (Å²) < 4.78 is 5.53. The summed E-state index contributed by atoms with van der Waals surface area (Å²) in [7, 11) is 0. The van der Waals surface area contributed by atoms with E-state index in [2.05, 4.69) is 17.2 Å². The molecule has 19 heavy (non-hydrogen) atoms. The standard InChI is InChI=1S/C15H21N3O/c1-4-19-11(3)9-17-15-7-10(2)18-14-6-5-12(16)8-13(14)15/h5-8,11H,4,9,16H2,1-3H3,(H,17,18). The lowest BCUT2D eigenvalue weighted by Gasteiger charge is -2.15. The maximum atomic E-state index is 5.85. The summed E-state index contributed by atoms with van der Waals surface area (Å²) in [5, 5.41) is 4.47. The van der Waals surface area contributed by atoms with E-state index in [9.17, 15) is 0 Å². The van der Waals surface area contributed by atoms with Gasteiger partial charge in [-0.1, -0.05) is 0 Å². The van der Waals surface area contributed by atoms with Gasteiger partial charge in [0, 0.05) is 35.6 Å². The molecule has 2 rings (SSSR count). The third-order valence-corrected chi connectivity index (χ3v) is 2.99. The molecular formula is C15H21N3O. The highest BCUT2D eigenvalue weighted by Gasteiger charge is 2.06. The lowest BCUT2D eigenvalue weighted by atomic mass is 10.1. The van der Waals surface area contributed by atoms with Gasteiger partial charge in [0.15, 0.2) is 0 Å². The van der Waals surface area contributed by atoms with Crippen LogP contribution in [0.5, 0.6) is 0 Å². The lowest BCUT2D eigenvalue weighted by molar-refractivity contribution is 0.0855. The number of fused-ring (bicyclic) bond motifs is 1. The minimum absolute atomic E-state index is 0.176. The van der Waals surface area contributed by atoms with Gasteiger partial charge in [0.25, 0.3) is 0 Å². The van der Waals surface area contributed by atoms with Crippen LogP contribution in [0.2, 0.25) is 0 Å². The number of hydrogen-bond donors (Lipinski definition) is 2. The number of nitrogens with zero attached hydrogens (tertiary/aromatic N) is 1. The molecule has 4 nitrogen and oxygen atoms in total. The topological polar surface area (TPSA) is 60.2 Å². The molecule has 0 aliphatic carbocycles. The van der Waals surface area contributed by atoms with Gasteiger partial charge in [-0.2, -0.15) is 0 Å². The van der Waals surface area contributed by atoms with Gasteiger partial charge in [-0.05, 0) is 45.0 Å². The number of ether oxygens (including phenoxy) is 1. The molecule has 102 valence electrons. The number of hydrogen-bond acceptors (Lipinski definition) is 4. The Balaban J connectivity index is 2.28. The number of pyridine rings is 1. The largest absolute Gasteiger partial charge is 0.399 e. The second-order valence-electron chi connectivity index (χ2n) is 4.73. The van der Waals surface area contributed by atoms with Crippen LogP contribution in [0.3, 0.4) is 0 Å². The van der Waals surface area contributed by atoms with Gasteiger partial charge in [0.1, 0.15) is 0 Å². The van der Waals surface area contributed by atoms with E-state index in [4.69, 9.17) is 10.5 Å². The zero-order valence-electron chi connectivity index (χ0n) is 11.7. The van der Waals surface area contributed by atoms with Gasteiger partial charge in [-0.25, -0.2) is 0 Å². The lowest BCUT2D eigenvalue weighted by Crippen LogP contribution is -2.20. The van der Waals surface area contributed by atoms with E-state index in [-0.39, 0.29) is 6.10 Å². The van der Waals surface area contributed by atoms with Crippen molar-refractivity contribution in [2.45, 2.75) is 26.9 Å². The second kappa shape index (κ2) is 5.89. The first-order valence-corrected chi connectivity index (χ1v) is 6.62. The van der Waals surface area contributed by atoms with Crippen molar-refractivity contribution >= 4 is 22.3 Å². The van der Waals surface area contributed by atoms with Crippen LogP contribution in [-0.2, 0) is 4.74 Å². The van der Waals surface area contributed by atoms with Crippen LogP contribution in [0, 0.1) is 6.92 Å². The minimum Gasteiger partial charge on any atom is -0.399 e. The molecule has 1 aromatic carbocycles. The van der Waals surface area contributed by atoms with Crippen molar-refractivity contribution in [3.05, 3.63) is 30.0 Å². The van der Waals surface area contributed by atoms with E-state index in [1.54, 1.807) is 0 Å². The smallest absolute Gasteiger partial charge is 0.0727 e. The number of aryl methyl sites for hydroxylation is 1. The summed E-state index contributed by atoms with van der Waals surface area (Å²) in [5.74, 6) is 0. The van der Waals surface area contributed by atoms with Crippen LogP contribution in [0.15, 0.2) is 24.3 Å². The highest BCUT2D eigenvalue weighted by Crippen LogP contribution is 2.25. The van der Waals surface area contributed by atoms with E-state index in [0.29, 0.717) is 0 Å². The molecule has 0 amide bonds. The number of anilines is 2. The summed E-state index contributed by atoms with van der Waals surface area (Å²) in [6.45, 7) is 7.55. The Morgan fingerprint density at radius 3 is 2.89 bits per heavy atom. The molecule has 3 N–H and O–H groups in total. The zero-order valence-corrected chi connectivity index (χ0v) is 11.7. The summed E-state index contributed by atoms with van der Waals surface area (Å²) in [6, 6.07) is 7.83. The Kier molecular flexibility index (Phi) is 4.22. The maximum Gasteiger partial charge on any atom is 0.0727 e. The van der Waals surface area contributed by atoms with E-state index >= 15 is 0 Å². The van der Waals surface area contributed by atoms with Gasteiger partial charge < -0.3 is 15.8 Å². The number of nitrogens with two attached hydrogens (primary N) is 1. The Labute approximate surface area is 114 Å². The molecule has 1 aromatic heterocycles. The SMILES string of the molecule is CCOC(C)CNc1cc(C)nc2ccc(N)cc12. The number of nitrogens with one attached hydrogen (secondary N) is 1. The number of nitrogen functional groups attached to an aromatic ring is 1. The quantitative estimate of drug-likeness (QED) is 0.810. The van der Waals surface area contributed by atoms with E-state index in [1.807, 2.05) is 38.1 Å². The van der Waals surface area contributed by atoms with E-state index in [0.717, 1.165) is 41.1 Å². The summed E-state index contributed by atoms with van der Waals surface area (Å²) in [6.07, 6.45) is 0.176. The molecule has 0 saturated carbocycles. The van der Waals surface area contributed by atoms with Gasteiger partial charge in [0.2, 0.25) is 0 Å². The molecule has 1 atom stereocenters. The Hall–Kier alpha value is -1.81. The average molecular weight is 259 g/mol. The predicted octanol–water partition coefficient (Wildman–Crippen LogP) is 2.96. The molecule has 0 spiro atoms. The van der Waals surface area contributed by atoms with Crippen LogP contribution in [0.25, 0.3) is 10.9 Å². The number of rotatable bonds is 5. The van der Waals surface area contributed by atoms with Crippen molar-refractivity contribution in [1.29, 1.82) is 0 Å². The molecule has 1 unspecified atom stereocenters. The number of aromatic nitrogens is 1.